The van der Waals surface area contributed by atoms with Crippen molar-refractivity contribution >= 4 is 5.78 Å². The molecule has 0 spiro atoms. The monoisotopic (exact) mass is 212 g/mol. The summed E-state index contributed by atoms with van der Waals surface area (Å²) in [5.74, 6) is 0.0899. The van der Waals surface area contributed by atoms with Gasteiger partial charge in [-0.25, -0.2) is 0 Å². The zero-order chi connectivity index (χ0) is 11.2. The van der Waals surface area contributed by atoms with E-state index in [1.54, 1.807) is 6.08 Å². The lowest BCUT2D eigenvalue weighted by atomic mass is 9.98. The van der Waals surface area contributed by atoms with Gasteiger partial charge in [-0.1, -0.05) is 48.1 Å². The summed E-state index contributed by atoms with van der Waals surface area (Å²) in [4.78, 5) is 11.8. The van der Waals surface area contributed by atoms with Gasteiger partial charge in [0, 0.05) is 5.56 Å². The van der Waals surface area contributed by atoms with Crippen LogP contribution >= 0.6 is 0 Å². The quantitative estimate of drug-likeness (QED) is 0.548. The topological polar surface area (TPSA) is 17.1 Å². The summed E-state index contributed by atoms with van der Waals surface area (Å²) in [7, 11) is 0. The minimum atomic E-state index is 0.0899. The van der Waals surface area contributed by atoms with Crippen LogP contribution in [0, 0.1) is 0 Å². The Morgan fingerprint density at radius 2 is 1.94 bits per heavy atom. The Balaban J connectivity index is 2.02. The highest BCUT2D eigenvalue weighted by atomic mass is 16.1. The summed E-state index contributed by atoms with van der Waals surface area (Å²) < 4.78 is 0. The molecule has 0 bridgehead atoms. The molecular weight excluding hydrogens is 196 g/mol. The van der Waals surface area contributed by atoms with Crippen LogP contribution < -0.4 is 0 Å². The molecule has 0 radical (unpaired) electrons. The van der Waals surface area contributed by atoms with Gasteiger partial charge in [0.1, 0.15) is 0 Å². The predicted octanol–water partition coefficient (Wildman–Crippen LogP) is 3.93. The molecular formula is C15H16O. The number of carbonyl (C=O) groups is 1. The van der Waals surface area contributed by atoms with E-state index in [0.29, 0.717) is 0 Å². The molecule has 1 aromatic rings. The molecule has 82 valence electrons. The summed E-state index contributed by atoms with van der Waals surface area (Å²) in [6, 6.07) is 9.40. The van der Waals surface area contributed by atoms with Crippen molar-refractivity contribution in [2.24, 2.45) is 0 Å². The average Bonchev–Trinajstić information content (AvgIpc) is 2.38. The Labute approximate surface area is 96.5 Å². The second-order valence-corrected chi connectivity index (χ2v) is 4.09. The van der Waals surface area contributed by atoms with E-state index < -0.39 is 0 Å². The normalized spacial score (nSPS) is 16.1. The first-order chi connectivity index (χ1) is 7.86. The Hall–Kier alpha value is -1.63. The van der Waals surface area contributed by atoms with Crippen molar-refractivity contribution in [3.8, 4) is 0 Å². The van der Waals surface area contributed by atoms with Crippen molar-refractivity contribution in [1.29, 1.82) is 0 Å². The Kier molecular flexibility index (Phi) is 3.71. The van der Waals surface area contributed by atoms with Gasteiger partial charge in [0.2, 0.25) is 0 Å². The van der Waals surface area contributed by atoms with Crippen molar-refractivity contribution in [3.63, 3.8) is 0 Å². The number of rotatable bonds is 3. The van der Waals surface area contributed by atoms with Crippen molar-refractivity contribution in [1.82, 2.24) is 0 Å². The molecule has 0 saturated heterocycles. The molecule has 0 atom stereocenters. The van der Waals surface area contributed by atoms with Gasteiger partial charge in [0.25, 0.3) is 0 Å². The summed E-state index contributed by atoms with van der Waals surface area (Å²) in [5.41, 5.74) is 2.06. The summed E-state index contributed by atoms with van der Waals surface area (Å²) in [6.45, 7) is 0. The van der Waals surface area contributed by atoms with E-state index in [2.05, 4.69) is 6.08 Å². The molecule has 0 aliphatic heterocycles. The lowest BCUT2D eigenvalue weighted by Gasteiger charge is -2.07. The fourth-order valence-corrected chi connectivity index (χ4v) is 1.90. The van der Waals surface area contributed by atoms with Crippen LogP contribution in [-0.4, -0.2) is 5.78 Å². The van der Waals surface area contributed by atoms with Crippen LogP contribution in [0.1, 0.15) is 36.0 Å². The van der Waals surface area contributed by atoms with Crippen LogP contribution in [0.25, 0.3) is 0 Å². The molecule has 1 aliphatic carbocycles. The van der Waals surface area contributed by atoms with E-state index in [0.717, 1.165) is 18.4 Å². The zero-order valence-corrected chi connectivity index (χ0v) is 9.36. The Morgan fingerprint density at radius 3 is 2.62 bits per heavy atom. The van der Waals surface area contributed by atoms with Crippen LogP contribution in [0.2, 0.25) is 0 Å². The van der Waals surface area contributed by atoms with Crippen LogP contribution in [0.5, 0.6) is 0 Å². The minimum Gasteiger partial charge on any atom is -0.289 e. The van der Waals surface area contributed by atoms with E-state index in [9.17, 15) is 4.79 Å². The summed E-state index contributed by atoms with van der Waals surface area (Å²) in [5, 5.41) is 0. The van der Waals surface area contributed by atoms with Gasteiger partial charge >= 0.3 is 0 Å². The first-order valence-corrected chi connectivity index (χ1v) is 5.83. The highest BCUT2D eigenvalue weighted by Crippen LogP contribution is 2.18. The first-order valence-electron chi connectivity index (χ1n) is 5.83. The van der Waals surface area contributed by atoms with Crippen LogP contribution in [0.4, 0.5) is 0 Å². The fourth-order valence-electron chi connectivity index (χ4n) is 1.90. The highest BCUT2D eigenvalue weighted by Gasteiger charge is 2.02. The third kappa shape index (κ3) is 2.93. The SMILES string of the molecule is O=C(C=CC1=CCCCC1)c1ccccc1. The standard InChI is InChI=1S/C15H16O/c16-15(14-9-5-2-6-10-14)12-11-13-7-3-1-4-8-13/h2,5-7,9-12H,1,3-4,8H2. The predicted molar refractivity (Wildman–Crippen MR) is 66.5 cm³/mol. The van der Waals surface area contributed by atoms with Crippen molar-refractivity contribution in [3.05, 3.63) is 59.7 Å². The van der Waals surface area contributed by atoms with E-state index in [4.69, 9.17) is 0 Å². The second-order valence-electron chi connectivity index (χ2n) is 4.09. The maximum Gasteiger partial charge on any atom is 0.185 e. The second kappa shape index (κ2) is 5.45. The molecule has 0 N–H and O–H groups in total. The lowest BCUT2D eigenvalue weighted by molar-refractivity contribution is 0.104. The van der Waals surface area contributed by atoms with Gasteiger partial charge in [-0.3, -0.25) is 4.79 Å². The zero-order valence-electron chi connectivity index (χ0n) is 9.36. The van der Waals surface area contributed by atoms with Crippen molar-refractivity contribution in [2.75, 3.05) is 0 Å². The number of benzene rings is 1. The van der Waals surface area contributed by atoms with E-state index >= 15 is 0 Å². The average molecular weight is 212 g/mol. The molecule has 0 saturated carbocycles. The molecule has 2 rings (SSSR count). The lowest BCUT2D eigenvalue weighted by Crippen LogP contribution is -1.94. The third-order valence-electron chi connectivity index (χ3n) is 2.83. The summed E-state index contributed by atoms with van der Waals surface area (Å²) in [6.07, 6.45) is 10.7. The molecule has 16 heavy (non-hydrogen) atoms. The Morgan fingerprint density at radius 1 is 1.12 bits per heavy atom. The molecule has 1 aliphatic rings. The smallest absolute Gasteiger partial charge is 0.185 e. The van der Waals surface area contributed by atoms with Gasteiger partial charge in [0.05, 0.1) is 0 Å². The Bertz CT molecular complexity index is 412. The van der Waals surface area contributed by atoms with Gasteiger partial charge in [0.15, 0.2) is 5.78 Å². The largest absolute Gasteiger partial charge is 0.289 e. The highest BCUT2D eigenvalue weighted by molar-refractivity contribution is 6.04. The number of allylic oxidation sites excluding steroid dienone is 4. The van der Waals surface area contributed by atoms with Gasteiger partial charge in [-0.15, -0.1) is 0 Å². The van der Waals surface area contributed by atoms with E-state index in [1.807, 2.05) is 36.4 Å². The van der Waals surface area contributed by atoms with Gasteiger partial charge < -0.3 is 0 Å². The maximum absolute atomic E-state index is 11.8. The molecule has 1 heteroatoms. The van der Waals surface area contributed by atoms with E-state index in [-0.39, 0.29) is 5.78 Å². The molecule has 0 heterocycles. The number of carbonyl (C=O) groups excluding carboxylic acids is 1. The first kappa shape index (κ1) is 10.9. The molecule has 1 aromatic carbocycles. The summed E-state index contributed by atoms with van der Waals surface area (Å²) >= 11 is 0. The van der Waals surface area contributed by atoms with Gasteiger partial charge in [-0.2, -0.15) is 0 Å². The van der Waals surface area contributed by atoms with Crippen LogP contribution in [-0.2, 0) is 0 Å². The number of hydrogen-bond donors (Lipinski definition) is 0. The van der Waals surface area contributed by atoms with E-state index in [1.165, 1.54) is 18.4 Å². The van der Waals surface area contributed by atoms with Crippen molar-refractivity contribution < 1.29 is 4.79 Å². The third-order valence-corrected chi connectivity index (χ3v) is 2.83. The van der Waals surface area contributed by atoms with Gasteiger partial charge in [-0.05, 0) is 31.8 Å². The molecule has 0 unspecified atom stereocenters. The van der Waals surface area contributed by atoms with Crippen LogP contribution in [0.3, 0.4) is 0 Å². The van der Waals surface area contributed by atoms with Crippen molar-refractivity contribution in [2.45, 2.75) is 25.7 Å². The number of hydrogen-bond acceptors (Lipinski definition) is 1. The fraction of sp³-hybridized carbons (Fsp3) is 0.267. The molecule has 0 aromatic heterocycles. The molecule has 0 fully saturated rings. The minimum absolute atomic E-state index is 0.0899. The molecule has 1 nitrogen and oxygen atoms in total. The maximum atomic E-state index is 11.8. The molecule has 0 amide bonds. The van der Waals surface area contributed by atoms with Crippen LogP contribution in [0.15, 0.2) is 54.1 Å². The number of ketones is 1.